The molecule has 2 amide bonds. The van der Waals surface area contributed by atoms with Crippen molar-refractivity contribution >= 4 is 27.7 Å². The van der Waals surface area contributed by atoms with Gasteiger partial charge in [-0.05, 0) is 36.5 Å². The summed E-state index contributed by atoms with van der Waals surface area (Å²) >= 11 is 0. The van der Waals surface area contributed by atoms with E-state index in [-0.39, 0.29) is 11.3 Å². The van der Waals surface area contributed by atoms with Crippen molar-refractivity contribution in [3.8, 4) is 5.75 Å². The topological polar surface area (TPSA) is 130 Å². The molecule has 1 saturated heterocycles. The van der Waals surface area contributed by atoms with Crippen LogP contribution in [-0.4, -0.2) is 31.9 Å². The van der Waals surface area contributed by atoms with Gasteiger partial charge in [0.05, 0.1) is 11.3 Å². The number of nitrogens with zero attached hydrogens (tertiary/aromatic N) is 1. The average molecular weight is 388 g/mol. The van der Waals surface area contributed by atoms with Gasteiger partial charge in [-0.15, -0.1) is 0 Å². The maximum absolute atomic E-state index is 12.0. The van der Waals surface area contributed by atoms with Crippen LogP contribution in [-0.2, 0) is 27.8 Å². The van der Waals surface area contributed by atoms with Gasteiger partial charge in [-0.1, -0.05) is 36.4 Å². The Balaban J connectivity index is 1.87. The van der Waals surface area contributed by atoms with Crippen LogP contribution in [0.25, 0.3) is 0 Å². The van der Waals surface area contributed by atoms with Crippen molar-refractivity contribution < 1.29 is 23.1 Å². The number of hydrogen-bond donors (Lipinski definition) is 3. The summed E-state index contributed by atoms with van der Waals surface area (Å²) in [4.78, 5) is 23.3. The minimum absolute atomic E-state index is 0.161. The molecule has 1 aliphatic heterocycles. The molecule has 2 aromatic carbocycles. The molecular formula is C18H18N3O5S. The predicted octanol–water partition coefficient (Wildman–Crippen LogP) is 0.662. The second kappa shape index (κ2) is 7.28. The Morgan fingerprint density at radius 3 is 2.48 bits per heavy atom. The number of aromatic hydroxyl groups is 1. The smallest absolute Gasteiger partial charge is 0.326 e. The van der Waals surface area contributed by atoms with Crippen molar-refractivity contribution in [2.24, 2.45) is 5.73 Å². The van der Waals surface area contributed by atoms with Gasteiger partial charge in [-0.3, -0.25) is 9.59 Å². The third-order valence-electron chi connectivity index (χ3n) is 4.17. The molecule has 1 radical (unpaired) electrons. The van der Waals surface area contributed by atoms with Gasteiger partial charge in [-0.25, -0.2) is 9.03 Å². The molecule has 2 aromatic rings. The fourth-order valence-electron chi connectivity index (χ4n) is 2.94. The molecule has 0 spiro atoms. The first-order valence-corrected chi connectivity index (χ1v) is 9.57. The van der Waals surface area contributed by atoms with E-state index in [1.165, 1.54) is 12.1 Å². The molecule has 8 nitrogen and oxygen atoms in total. The molecule has 9 heteroatoms. The van der Waals surface area contributed by atoms with E-state index >= 15 is 0 Å². The van der Waals surface area contributed by atoms with Crippen molar-refractivity contribution in [1.82, 2.24) is 4.72 Å². The van der Waals surface area contributed by atoms with Crippen LogP contribution >= 0.6 is 0 Å². The first kappa shape index (κ1) is 18.7. The van der Waals surface area contributed by atoms with E-state index in [0.29, 0.717) is 22.7 Å². The number of nitrogens with two attached hydrogens (primary N) is 1. The highest BCUT2D eigenvalue weighted by Gasteiger charge is 2.36. The Labute approximate surface area is 156 Å². The van der Waals surface area contributed by atoms with Crippen LogP contribution in [0.15, 0.2) is 42.5 Å². The van der Waals surface area contributed by atoms with Crippen LogP contribution in [0.5, 0.6) is 5.75 Å². The van der Waals surface area contributed by atoms with Gasteiger partial charge in [0.15, 0.2) is 5.75 Å². The Hall–Kier alpha value is -3.07. The fraction of sp³-hybridized carbons (Fsp3) is 0.167. The number of amides is 2. The second-order valence-corrected chi connectivity index (χ2v) is 7.65. The lowest BCUT2D eigenvalue weighted by molar-refractivity contribution is -0.117. The number of carbonyl (C=O) groups excluding carboxylic acids is 2. The molecule has 1 fully saturated rings. The zero-order valence-corrected chi connectivity index (χ0v) is 15.1. The molecule has 0 atom stereocenters. The number of benzene rings is 2. The Morgan fingerprint density at radius 2 is 1.89 bits per heavy atom. The first-order valence-electron chi connectivity index (χ1n) is 8.13. The van der Waals surface area contributed by atoms with Crippen LogP contribution in [0, 0.1) is 6.42 Å². The average Bonchev–Trinajstić information content (AvgIpc) is 2.88. The molecule has 1 aliphatic rings. The fourth-order valence-corrected chi connectivity index (χ4v) is 4.09. The molecule has 27 heavy (non-hydrogen) atoms. The SMILES string of the molecule is NC(=O)c1c(C[CH]Cc2ccccc2)ccc(N2CC(=O)NS2(=O)=O)c1O. The number of anilines is 1. The normalized spacial score (nSPS) is 15.6. The van der Waals surface area contributed by atoms with Crippen molar-refractivity contribution in [3.05, 3.63) is 65.6 Å². The van der Waals surface area contributed by atoms with Gasteiger partial charge in [-0.2, -0.15) is 8.42 Å². The zero-order chi connectivity index (χ0) is 19.6. The molecule has 0 saturated carbocycles. The first-order chi connectivity index (χ1) is 12.8. The summed E-state index contributed by atoms with van der Waals surface area (Å²) in [5, 5.41) is 10.5. The molecule has 1 heterocycles. The standard InChI is InChI=1S/C18H18N3O5S/c19-18(24)16-13(8-4-7-12-5-2-1-3-6-12)9-10-14(17(16)23)21-11-15(22)20-27(21,25)26/h1-6,9-10,23H,7-8,11H2,(H2,19,24)(H,20,22). The number of phenols is 1. The van der Waals surface area contributed by atoms with Gasteiger partial charge in [0.1, 0.15) is 6.54 Å². The molecule has 0 aromatic heterocycles. The van der Waals surface area contributed by atoms with E-state index in [4.69, 9.17) is 5.73 Å². The van der Waals surface area contributed by atoms with Gasteiger partial charge in [0.2, 0.25) is 0 Å². The van der Waals surface area contributed by atoms with Crippen LogP contribution in [0.1, 0.15) is 21.5 Å². The predicted molar refractivity (Wildman–Crippen MR) is 99.2 cm³/mol. The Morgan fingerprint density at radius 1 is 1.19 bits per heavy atom. The van der Waals surface area contributed by atoms with Gasteiger partial charge in [0.25, 0.3) is 11.8 Å². The van der Waals surface area contributed by atoms with Crippen molar-refractivity contribution in [1.29, 1.82) is 0 Å². The van der Waals surface area contributed by atoms with Gasteiger partial charge < -0.3 is 10.8 Å². The maximum atomic E-state index is 12.0. The minimum atomic E-state index is -4.11. The monoisotopic (exact) mass is 388 g/mol. The number of rotatable bonds is 6. The Kier molecular flexibility index (Phi) is 5.04. The van der Waals surface area contributed by atoms with E-state index < -0.39 is 34.3 Å². The van der Waals surface area contributed by atoms with Gasteiger partial charge in [0, 0.05) is 0 Å². The minimum Gasteiger partial charge on any atom is -0.505 e. The van der Waals surface area contributed by atoms with Crippen LogP contribution in [0.3, 0.4) is 0 Å². The number of primary amides is 1. The van der Waals surface area contributed by atoms with Crippen molar-refractivity contribution in [2.45, 2.75) is 12.8 Å². The summed E-state index contributed by atoms with van der Waals surface area (Å²) in [7, 11) is -4.11. The maximum Gasteiger partial charge on any atom is 0.326 e. The summed E-state index contributed by atoms with van der Waals surface area (Å²) in [6.07, 6.45) is 2.93. The molecule has 0 aliphatic carbocycles. The lowest BCUT2D eigenvalue weighted by Gasteiger charge is -2.19. The summed E-state index contributed by atoms with van der Waals surface area (Å²) < 4.78 is 26.5. The summed E-state index contributed by atoms with van der Waals surface area (Å²) in [6, 6.07) is 12.6. The van der Waals surface area contributed by atoms with Crippen molar-refractivity contribution in [2.75, 3.05) is 10.8 Å². The van der Waals surface area contributed by atoms with E-state index in [2.05, 4.69) is 0 Å². The molecular weight excluding hydrogens is 370 g/mol. The number of carbonyl (C=O) groups is 2. The highest BCUT2D eigenvalue weighted by Crippen LogP contribution is 2.35. The highest BCUT2D eigenvalue weighted by atomic mass is 32.2. The van der Waals surface area contributed by atoms with E-state index in [1.807, 2.05) is 41.5 Å². The molecule has 0 unspecified atom stereocenters. The van der Waals surface area contributed by atoms with Crippen molar-refractivity contribution in [3.63, 3.8) is 0 Å². The Bertz CT molecular complexity index is 990. The van der Waals surface area contributed by atoms with Crippen LogP contribution < -0.4 is 14.8 Å². The van der Waals surface area contributed by atoms with Gasteiger partial charge >= 0.3 is 10.2 Å². The van der Waals surface area contributed by atoms with Crippen LogP contribution in [0.2, 0.25) is 0 Å². The van der Waals surface area contributed by atoms with E-state index in [0.717, 1.165) is 5.56 Å². The number of hydrogen-bond acceptors (Lipinski definition) is 5. The molecule has 4 N–H and O–H groups in total. The summed E-state index contributed by atoms with van der Waals surface area (Å²) in [6.45, 7) is -0.479. The number of nitrogens with one attached hydrogen (secondary N) is 1. The van der Waals surface area contributed by atoms with Crippen LogP contribution in [0.4, 0.5) is 5.69 Å². The molecule has 141 valence electrons. The van der Waals surface area contributed by atoms with E-state index in [9.17, 15) is 23.1 Å². The lowest BCUT2D eigenvalue weighted by Crippen LogP contribution is -2.30. The second-order valence-electron chi connectivity index (χ2n) is 6.05. The largest absolute Gasteiger partial charge is 0.505 e. The molecule has 0 bridgehead atoms. The lowest BCUT2D eigenvalue weighted by atomic mass is 9.98. The third-order valence-corrected chi connectivity index (χ3v) is 5.56. The highest BCUT2D eigenvalue weighted by molar-refractivity contribution is 7.92. The molecule has 3 rings (SSSR count). The zero-order valence-electron chi connectivity index (χ0n) is 14.3. The van der Waals surface area contributed by atoms with E-state index in [1.54, 1.807) is 0 Å². The summed E-state index contributed by atoms with van der Waals surface area (Å²) in [5.41, 5.74) is 6.62. The summed E-state index contributed by atoms with van der Waals surface area (Å²) in [5.74, 6) is -2.17. The quantitative estimate of drug-likeness (QED) is 0.669. The third kappa shape index (κ3) is 3.87.